The highest BCUT2D eigenvalue weighted by Crippen LogP contribution is 2.14. The molecule has 18 heavy (non-hydrogen) atoms. The van der Waals surface area contributed by atoms with Crippen molar-refractivity contribution >= 4 is 11.6 Å². The first-order valence-corrected chi connectivity index (χ1v) is 6.77. The zero-order valence-electron chi connectivity index (χ0n) is 11.3. The molecular formula is C13H23N5. The van der Waals surface area contributed by atoms with Crippen molar-refractivity contribution in [2.24, 2.45) is 5.92 Å². The Hall–Kier alpha value is -1.36. The summed E-state index contributed by atoms with van der Waals surface area (Å²) in [5.41, 5.74) is 0. The standard InChI is InChI=1S/C13H23N5/c1-3-18(2)13-8-12(16-10-17-13)15-7-5-11-4-6-14-9-11/h8,10-11,14H,3-7,9H2,1-2H3,(H,15,16,17). The molecule has 2 N–H and O–H groups in total. The van der Waals surface area contributed by atoms with E-state index >= 15 is 0 Å². The topological polar surface area (TPSA) is 53.1 Å². The van der Waals surface area contributed by atoms with Gasteiger partial charge in [0.15, 0.2) is 0 Å². The highest BCUT2D eigenvalue weighted by Gasteiger charge is 2.13. The molecule has 0 aromatic carbocycles. The van der Waals surface area contributed by atoms with Crippen LogP contribution in [0.15, 0.2) is 12.4 Å². The van der Waals surface area contributed by atoms with Crippen molar-refractivity contribution in [3.63, 3.8) is 0 Å². The minimum Gasteiger partial charge on any atom is -0.370 e. The molecule has 0 saturated carbocycles. The van der Waals surface area contributed by atoms with Crippen molar-refractivity contribution < 1.29 is 0 Å². The van der Waals surface area contributed by atoms with E-state index in [9.17, 15) is 0 Å². The van der Waals surface area contributed by atoms with Crippen LogP contribution in [0, 0.1) is 5.92 Å². The van der Waals surface area contributed by atoms with Gasteiger partial charge in [-0.1, -0.05) is 0 Å². The second-order valence-corrected chi connectivity index (χ2v) is 4.85. The van der Waals surface area contributed by atoms with E-state index in [1.807, 2.05) is 13.1 Å². The highest BCUT2D eigenvalue weighted by atomic mass is 15.2. The van der Waals surface area contributed by atoms with E-state index in [1.165, 1.54) is 19.4 Å². The van der Waals surface area contributed by atoms with Crippen LogP contribution in [0.5, 0.6) is 0 Å². The molecule has 5 nitrogen and oxygen atoms in total. The molecule has 0 aliphatic carbocycles. The minimum atomic E-state index is 0.817. The zero-order chi connectivity index (χ0) is 12.8. The van der Waals surface area contributed by atoms with Gasteiger partial charge in [-0.05, 0) is 38.8 Å². The lowest BCUT2D eigenvalue weighted by atomic mass is 10.1. The summed E-state index contributed by atoms with van der Waals surface area (Å²) in [6.45, 7) is 6.38. The van der Waals surface area contributed by atoms with Gasteiger partial charge in [-0.15, -0.1) is 0 Å². The summed E-state index contributed by atoms with van der Waals surface area (Å²) < 4.78 is 0. The van der Waals surface area contributed by atoms with E-state index < -0.39 is 0 Å². The first-order valence-electron chi connectivity index (χ1n) is 6.77. The van der Waals surface area contributed by atoms with Crippen molar-refractivity contribution in [3.8, 4) is 0 Å². The third-order valence-corrected chi connectivity index (χ3v) is 3.54. The zero-order valence-corrected chi connectivity index (χ0v) is 11.3. The van der Waals surface area contributed by atoms with Gasteiger partial charge < -0.3 is 15.5 Å². The molecule has 0 amide bonds. The Morgan fingerprint density at radius 3 is 3.11 bits per heavy atom. The maximum atomic E-state index is 4.26. The quantitative estimate of drug-likeness (QED) is 0.797. The molecule has 1 aromatic rings. The number of hydrogen-bond acceptors (Lipinski definition) is 5. The number of nitrogens with zero attached hydrogens (tertiary/aromatic N) is 3. The summed E-state index contributed by atoms with van der Waals surface area (Å²) >= 11 is 0. The number of anilines is 2. The third-order valence-electron chi connectivity index (χ3n) is 3.54. The summed E-state index contributed by atoms with van der Waals surface area (Å²) in [7, 11) is 2.04. The van der Waals surface area contributed by atoms with Crippen molar-refractivity contribution in [2.45, 2.75) is 19.8 Å². The van der Waals surface area contributed by atoms with Crippen LogP contribution in [0.25, 0.3) is 0 Å². The molecule has 1 aliphatic rings. The lowest BCUT2D eigenvalue weighted by molar-refractivity contribution is 0.549. The molecule has 1 saturated heterocycles. The minimum absolute atomic E-state index is 0.817. The highest BCUT2D eigenvalue weighted by molar-refractivity contribution is 5.47. The Labute approximate surface area is 109 Å². The maximum absolute atomic E-state index is 4.26. The summed E-state index contributed by atoms with van der Waals surface area (Å²) in [5, 5.41) is 6.78. The summed E-state index contributed by atoms with van der Waals surface area (Å²) in [4.78, 5) is 10.6. The van der Waals surface area contributed by atoms with Crippen molar-refractivity contribution in [3.05, 3.63) is 12.4 Å². The van der Waals surface area contributed by atoms with Gasteiger partial charge in [0, 0.05) is 26.2 Å². The SMILES string of the molecule is CCN(C)c1cc(NCCC2CCNC2)ncn1. The van der Waals surface area contributed by atoms with E-state index in [0.29, 0.717) is 0 Å². The van der Waals surface area contributed by atoms with Crippen LogP contribution in [0.1, 0.15) is 19.8 Å². The average Bonchev–Trinajstić information content (AvgIpc) is 2.91. The molecule has 5 heteroatoms. The first kappa shape index (κ1) is 13.1. The van der Waals surface area contributed by atoms with Crippen molar-refractivity contribution in [1.29, 1.82) is 0 Å². The van der Waals surface area contributed by atoms with E-state index in [0.717, 1.165) is 37.2 Å². The van der Waals surface area contributed by atoms with E-state index in [1.54, 1.807) is 6.33 Å². The average molecular weight is 249 g/mol. The lowest BCUT2D eigenvalue weighted by Crippen LogP contribution is -2.18. The fourth-order valence-corrected chi connectivity index (χ4v) is 2.18. The number of nitrogens with one attached hydrogen (secondary N) is 2. The number of rotatable bonds is 6. The molecule has 0 spiro atoms. The van der Waals surface area contributed by atoms with Crippen LogP contribution in [-0.2, 0) is 0 Å². The van der Waals surface area contributed by atoms with Crippen molar-refractivity contribution in [2.75, 3.05) is 43.4 Å². The first-order chi connectivity index (χ1) is 8.79. The molecule has 0 radical (unpaired) electrons. The van der Waals surface area contributed by atoms with Gasteiger partial charge in [-0.2, -0.15) is 0 Å². The smallest absolute Gasteiger partial charge is 0.133 e. The van der Waals surface area contributed by atoms with Gasteiger partial charge in [0.05, 0.1) is 0 Å². The van der Waals surface area contributed by atoms with Gasteiger partial charge in [-0.25, -0.2) is 9.97 Å². The van der Waals surface area contributed by atoms with Crippen LogP contribution >= 0.6 is 0 Å². The third kappa shape index (κ3) is 3.57. The van der Waals surface area contributed by atoms with Gasteiger partial charge in [-0.3, -0.25) is 0 Å². The lowest BCUT2D eigenvalue weighted by Gasteiger charge is -2.16. The Kier molecular flexibility index (Phi) is 4.75. The normalized spacial score (nSPS) is 18.9. The second kappa shape index (κ2) is 6.54. The van der Waals surface area contributed by atoms with E-state index in [-0.39, 0.29) is 0 Å². The fraction of sp³-hybridized carbons (Fsp3) is 0.692. The number of hydrogen-bond donors (Lipinski definition) is 2. The molecule has 0 bridgehead atoms. The molecule has 1 aliphatic heterocycles. The van der Waals surface area contributed by atoms with Gasteiger partial charge in [0.2, 0.25) is 0 Å². The van der Waals surface area contributed by atoms with Gasteiger partial charge >= 0.3 is 0 Å². The molecule has 100 valence electrons. The summed E-state index contributed by atoms with van der Waals surface area (Å²) in [6, 6.07) is 2.01. The van der Waals surface area contributed by atoms with E-state index in [2.05, 4.69) is 32.4 Å². The van der Waals surface area contributed by atoms with E-state index in [4.69, 9.17) is 0 Å². The van der Waals surface area contributed by atoms with Crippen LogP contribution < -0.4 is 15.5 Å². The van der Waals surface area contributed by atoms with Crippen LogP contribution in [0.2, 0.25) is 0 Å². The fourth-order valence-electron chi connectivity index (χ4n) is 2.18. The Bertz CT molecular complexity index is 362. The molecule has 2 rings (SSSR count). The second-order valence-electron chi connectivity index (χ2n) is 4.85. The monoisotopic (exact) mass is 249 g/mol. The summed E-state index contributed by atoms with van der Waals surface area (Å²) in [5.74, 6) is 2.71. The van der Waals surface area contributed by atoms with Crippen molar-refractivity contribution in [1.82, 2.24) is 15.3 Å². The van der Waals surface area contributed by atoms with Crippen LogP contribution in [0.3, 0.4) is 0 Å². The molecule has 1 fully saturated rings. The Morgan fingerprint density at radius 1 is 1.50 bits per heavy atom. The molecule has 1 unspecified atom stereocenters. The largest absolute Gasteiger partial charge is 0.370 e. The van der Waals surface area contributed by atoms with Crippen LogP contribution in [0.4, 0.5) is 11.6 Å². The molecule has 2 heterocycles. The number of aromatic nitrogens is 2. The van der Waals surface area contributed by atoms with Gasteiger partial charge in [0.1, 0.15) is 18.0 Å². The maximum Gasteiger partial charge on any atom is 0.133 e. The van der Waals surface area contributed by atoms with Crippen LogP contribution in [-0.4, -0.2) is 43.2 Å². The predicted octanol–water partition coefficient (Wildman–Crippen LogP) is 1.34. The predicted molar refractivity (Wildman–Crippen MR) is 75.1 cm³/mol. The molecular weight excluding hydrogens is 226 g/mol. The molecule has 1 aromatic heterocycles. The summed E-state index contributed by atoms with van der Waals surface area (Å²) in [6.07, 6.45) is 4.13. The Morgan fingerprint density at radius 2 is 2.39 bits per heavy atom. The Balaban J connectivity index is 1.81. The van der Waals surface area contributed by atoms with Gasteiger partial charge in [0.25, 0.3) is 0 Å². The molecule has 1 atom stereocenters.